The first-order valence-corrected chi connectivity index (χ1v) is 7.93. The third kappa shape index (κ3) is 3.69. The van der Waals surface area contributed by atoms with E-state index in [1.165, 1.54) is 39.0 Å². The molecule has 20 heavy (non-hydrogen) atoms. The molecular formula is C17H26F2O. The van der Waals surface area contributed by atoms with Gasteiger partial charge in [-0.1, -0.05) is 25.3 Å². The first kappa shape index (κ1) is 15.7. The quantitative estimate of drug-likeness (QED) is 0.624. The molecule has 1 aliphatic carbocycles. The molecule has 2 rings (SSSR count). The molecule has 114 valence electrons. The zero-order valence-electron chi connectivity index (χ0n) is 12.6. The monoisotopic (exact) mass is 284 g/mol. The van der Waals surface area contributed by atoms with Gasteiger partial charge in [0.05, 0.1) is 12.7 Å². The molecule has 0 radical (unpaired) electrons. The summed E-state index contributed by atoms with van der Waals surface area (Å²) in [5.41, 5.74) is 0.479. The Labute approximate surface area is 121 Å². The molecule has 0 spiro atoms. The summed E-state index contributed by atoms with van der Waals surface area (Å²) in [5, 5.41) is 0. The Balaban J connectivity index is 1.91. The van der Waals surface area contributed by atoms with Gasteiger partial charge < -0.3 is 4.74 Å². The van der Waals surface area contributed by atoms with Gasteiger partial charge in [-0.05, 0) is 51.0 Å². The first-order valence-electron chi connectivity index (χ1n) is 7.93. The van der Waals surface area contributed by atoms with E-state index in [1.54, 1.807) is 13.0 Å². The molecule has 1 saturated heterocycles. The predicted molar refractivity (Wildman–Crippen MR) is 77.7 cm³/mol. The van der Waals surface area contributed by atoms with E-state index in [2.05, 4.69) is 0 Å². The van der Waals surface area contributed by atoms with Gasteiger partial charge in [-0.2, -0.15) is 0 Å². The molecule has 1 aliphatic heterocycles. The van der Waals surface area contributed by atoms with Crippen LogP contribution in [0.1, 0.15) is 58.8 Å². The van der Waals surface area contributed by atoms with E-state index in [9.17, 15) is 8.78 Å². The third-order valence-corrected chi connectivity index (χ3v) is 4.79. The van der Waals surface area contributed by atoms with Gasteiger partial charge in [-0.25, -0.2) is 8.78 Å². The summed E-state index contributed by atoms with van der Waals surface area (Å²) in [6.45, 7) is 3.47. The number of allylic oxidation sites excluding steroid dienone is 3. The van der Waals surface area contributed by atoms with Crippen molar-refractivity contribution >= 4 is 0 Å². The van der Waals surface area contributed by atoms with Crippen molar-refractivity contribution in [2.45, 2.75) is 64.9 Å². The Kier molecular flexibility index (Phi) is 5.76. The summed E-state index contributed by atoms with van der Waals surface area (Å²) in [5.74, 6) is -0.739. The summed E-state index contributed by atoms with van der Waals surface area (Å²) in [4.78, 5) is 0. The van der Waals surface area contributed by atoms with Gasteiger partial charge in [-0.3, -0.25) is 0 Å². The molecular weight excluding hydrogens is 258 g/mol. The van der Waals surface area contributed by atoms with Crippen molar-refractivity contribution in [3.05, 3.63) is 23.3 Å². The molecule has 2 atom stereocenters. The smallest absolute Gasteiger partial charge is 0.157 e. The minimum absolute atomic E-state index is 0.00513. The number of ether oxygens (including phenoxy) is 1. The maximum Gasteiger partial charge on any atom is 0.157 e. The number of rotatable bonds is 3. The summed E-state index contributed by atoms with van der Waals surface area (Å²) in [6.07, 6.45) is 10.4. The van der Waals surface area contributed by atoms with E-state index in [1.807, 2.05) is 0 Å². The summed E-state index contributed by atoms with van der Waals surface area (Å²) in [6, 6.07) is 0. The highest BCUT2D eigenvalue weighted by Crippen LogP contribution is 2.37. The van der Waals surface area contributed by atoms with Gasteiger partial charge >= 0.3 is 0 Å². The lowest BCUT2D eigenvalue weighted by Gasteiger charge is -2.36. The molecule has 2 aliphatic rings. The Hall–Kier alpha value is -0.700. The molecule has 0 amide bonds. The van der Waals surface area contributed by atoms with Gasteiger partial charge in [0, 0.05) is 5.92 Å². The first-order chi connectivity index (χ1) is 9.63. The molecule has 0 N–H and O–H groups in total. The number of hydrogen-bond acceptors (Lipinski definition) is 1. The van der Waals surface area contributed by atoms with Crippen molar-refractivity contribution in [1.82, 2.24) is 0 Å². The molecule has 2 fully saturated rings. The normalized spacial score (nSPS) is 31.1. The second-order valence-corrected chi connectivity index (χ2v) is 6.14. The van der Waals surface area contributed by atoms with Crippen molar-refractivity contribution < 1.29 is 13.5 Å². The highest BCUT2D eigenvalue weighted by Gasteiger charge is 2.31. The van der Waals surface area contributed by atoms with Crippen LogP contribution in [0.3, 0.4) is 0 Å². The lowest BCUT2D eigenvalue weighted by molar-refractivity contribution is -0.0479. The maximum atomic E-state index is 13.8. The zero-order valence-corrected chi connectivity index (χ0v) is 12.6. The highest BCUT2D eigenvalue weighted by atomic mass is 19.2. The Bertz CT molecular complexity index is 368. The lowest BCUT2D eigenvalue weighted by atomic mass is 9.80. The SMILES string of the molecule is C/C=C(\C(F)=C(/C)F)C1CCC(C2CCCCC2)OC1. The standard InChI is InChI=1S/C17H26F2O/c1-3-15(17(19)12(2)18)14-9-10-16(20-11-14)13-7-5-4-6-8-13/h3,13-14,16H,4-11H2,1-2H3/b15-3-,17-12-. The van der Waals surface area contributed by atoms with E-state index in [0.29, 0.717) is 24.2 Å². The minimum Gasteiger partial charge on any atom is -0.377 e. The van der Waals surface area contributed by atoms with E-state index in [0.717, 1.165) is 12.8 Å². The van der Waals surface area contributed by atoms with Crippen molar-refractivity contribution in [3.63, 3.8) is 0 Å². The van der Waals surface area contributed by atoms with Crippen LogP contribution in [-0.2, 0) is 4.74 Å². The largest absolute Gasteiger partial charge is 0.377 e. The fourth-order valence-electron chi connectivity index (χ4n) is 3.64. The molecule has 1 saturated carbocycles. The van der Waals surface area contributed by atoms with E-state index >= 15 is 0 Å². The summed E-state index contributed by atoms with van der Waals surface area (Å²) >= 11 is 0. The molecule has 0 aromatic rings. The zero-order chi connectivity index (χ0) is 14.5. The fourth-order valence-corrected chi connectivity index (χ4v) is 3.64. The van der Waals surface area contributed by atoms with Gasteiger partial charge in [0.1, 0.15) is 5.83 Å². The average Bonchev–Trinajstić information content (AvgIpc) is 2.49. The molecule has 1 heterocycles. The molecule has 0 bridgehead atoms. The van der Waals surface area contributed by atoms with Crippen molar-refractivity contribution in [2.75, 3.05) is 6.61 Å². The van der Waals surface area contributed by atoms with Crippen LogP contribution in [-0.4, -0.2) is 12.7 Å². The summed E-state index contributed by atoms with van der Waals surface area (Å²) < 4.78 is 32.9. The van der Waals surface area contributed by atoms with Crippen LogP contribution in [0.4, 0.5) is 8.78 Å². The Morgan fingerprint density at radius 2 is 1.75 bits per heavy atom. The molecule has 1 nitrogen and oxygen atoms in total. The number of hydrogen-bond donors (Lipinski definition) is 0. The number of halogens is 2. The highest BCUT2D eigenvalue weighted by molar-refractivity contribution is 5.29. The van der Waals surface area contributed by atoms with Gasteiger partial charge in [-0.15, -0.1) is 0 Å². The van der Waals surface area contributed by atoms with Gasteiger partial charge in [0.2, 0.25) is 0 Å². The van der Waals surface area contributed by atoms with Crippen LogP contribution in [0.25, 0.3) is 0 Å². The average molecular weight is 284 g/mol. The third-order valence-electron chi connectivity index (χ3n) is 4.79. The Morgan fingerprint density at radius 1 is 1.05 bits per heavy atom. The molecule has 0 aromatic heterocycles. The van der Waals surface area contributed by atoms with Crippen LogP contribution in [0.15, 0.2) is 23.3 Å². The van der Waals surface area contributed by atoms with E-state index in [-0.39, 0.29) is 5.92 Å². The van der Waals surface area contributed by atoms with Crippen LogP contribution < -0.4 is 0 Å². The van der Waals surface area contributed by atoms with Crippen LogP contribution in [0, 0.1) is 11.8 Å². The van der Waals surface area contributed by atoms with Gasteiger partial charge in [0.15, 0.2) is 5.83 Å². The van der Waals surface area contributed by atoms with Crippen LogP contribution >= 0.6 is 0 Å². The molecule has 3 heteroatoms. The van der Waals surface area contributed by atoms with Crippen molar-refractivity contribution in [3.8, 4) is 0 Å². The van der Waals surface area contributed by atoms with Crippen LogP contribution in [0.5, 0.6) is 0 Å². The predicted octanol–water partition coefficient (Wildman–Crippen LogP) is 5.48. The minimum atomic E-state index is -0.729. The van der Waals surface area contributed by atoms with Crippen molar-refractivity contribution in [1.29, 1.82) is 0 Å². The fraction of sp³-hybridized carbons (Fsp3) is 0.765. The molecule has 2 unspecified atom stereocenters. The van der Waals surface area contributed by atoms with E-state index < -0.39 is 11.7 Å². The topological polar surface area (TPSA) is 9.23 Å². The van der Waals surface area contributed by atoms with E-state index in [4.69, 9.17) is 4.74 Å². The summed E-state index contributed by atoms with van der Waals surface area (Å²) in [7, 11) is 0. The van der Waals surface area contributed by atoms with Crippen molar-refractivity contribution in [2.24, 2.45) is 11.8 Å². The van der Waals surface area contributed by atoms with Gasteiger partial charge in [0.25, 0.3) is 0 Å². The lowest BCUT2D eigenvalue weighted by Crippen LogP contribution is -2.33. The second kappa shape index (κ2) is 7.35. The second-order valence-electron chi connectivity index (χ2n) is 6.14. The maximum absolute atomic E-state index is 13.8. The van der Waals surface area contributed by atoms with Crippen LogP contribution in [0.2, 0.25) is 0 Å². The Morgan fingerprint density at radius 3 is 2.25 bits per heavy atom. The molecule has 0 aromatic carbocycles.